The molecule has 1 aliphatic heterocycles. The Morgan fingerprint density at radius 2 is 2.11 bits per heavy atom. The zero-order valence-corrected chi connectivity index (χ0v) is 15.3. The largest absolute Gasteiger partial charge is 0.489 e. The van der Waals surface area contributed by atoms with Gasteiger partial charge in [-0.15, -0.1) is 4.91 Å². The van der Waals surface area contributed by atoms with E-state index in [0.29, 0.717) is 12.5 Å². The number of dihydropyridines is 1. The first kappa shape index (κ1) is 21.1. The van der Waals surface area contributed by atoms with Gasteiger partial charge in [-0.2, -0.15) is 4.91 Å². The second-order valence-electron chi connectivity index (χ2n) is 5.99. The van der Waals surface area contributed by atoms with E-state index < -0.39 is 17.5 Å². The van der Waals surface area contributed by atoms with Crippen molar-refractivity contribution in [3.8, 4) is 0 Å². The van der Waals surface area contributed by atoms with Crippen molar-refractivity contribution in [2.45, 2.75) is 26.3 Å². The van der Waals surface area contributed by atoms with E-state index in [-0.39, 0.29) is 54.5 Å². The molecule has 150 valence electrons. The Bertz CT molecular complexity index is 824. The van der Waals surface area contributed by atoms with Crippen molar-refractivity contribution in [1.82, 2.24) is 10.6 Å². The third kappa shape index (κ3) is 5.18. The van der Waals surface area contributed by atoms with E-state index in [2.05, 4.69) is 21.0 Å². The Labute approximate surface area is 160 Å². The minimum absolute atomic E-state index is 0.00686. The van der Waals surface area contributed by atoms with Gasteiger partial charge in [-0.3, -0.25) is 4.79 Å². The summed E-state index contributed by atoms with van der Waals surface area (Å²) in [5, 5.41) is 11.0. The first-order chi connectivity index (χ1) is 13.5. The Morgan fingerprint density at radius 3 is 2.75 bits per heavy atom. The lowest BCUT2D eigenvalue weighted by atomic mass is 10.1. The van der Waals surface area contributed by atoms with Crippen LogP contribution >= 0.6 is 0 Å². The fourth-order valence-corrected chi connectivity index (χ4v) is 2.54. The molecule has 0 saturated heterocycles. The SMILES string of the molecule is CCCCOC1=C(CN=O)NCC(C(=O)NCc2ccc(F)cc2F)=C1N=O. The number of amides is 1. The van der Waals surface area contributed by atoms with Gasteiger partial charge in [0.1, 0.15) is 18.2 Å². The number of rotatable bonds is 10. The van der Waals surface area contributed by atoms with Crippen molar-refractivity contribution >= 4 is 5.91 Å². The molecule has 0 atom stereocenters. The van der Waals surface area contributed by atoms with Crippen LogP contribution in [0.4, 0.5) is 8.78 Å². The molecule has 0 aromatic heterocycles. The van der Waals surface area contributed by atoms with Crippen LogP contribution in [0.3, 0.4) is 0 Å². The zero-order valence-electron chi connectivity index (χ0n) is 15.3. The molecule has 8 nitrogen and oxygen atoms in total. The van der Waals surface area contributed by atoms with Crippen LogP contribution in [0.1, 0.15) is 25.3 Å². The Morgan fingerprint density at radius 1 is 1.32 bits per heavy atom. The molecule has 1 amide bonds. The number of hydrogen-bond donors (Lipinski definition) is 2. The van der Waals surface area contributed by atoms with Gasteiger partial charge in [0.25, 0.3) is 5.91 Å². The summed E-state index contributed by atoms with van der Waals surface area (Å²) in [5.74, 6) is -2.19. The normalized spacial score (nSPS) is 13.8. The average molecular weight is 394 g/mol. The van der Waals surface area contributed by atoms with Gasteiger partial charge in [0, 0.05) is 24.7 Å². The van der Waals surface area contributed by atoms with E-state index in [4.69, 9.17) is 4.74 Å². The molecule has 2 N–H and O–H groups in total. The molecule has 1 aliphatic rings. The fraction of sp³-hybridized carbons (Fsp3) is 0.389. The number of hydrogen-bond acceptors (Lipinski definition) is 7. The summed E-state index contributed by atoms with van der Waals surface area (Å²) >= 11 is 0. The van der Waals surface area contributed by atoms with Gasteiger partial charge in [0.2, 0.25) is 0 Å². The number of ether oxygens (including phenoxy) is 1. The second-order valence-corrected chi connectivity index (χ2v) is 5.99. The number of unbranched alkanes of at least 4 members (excludes halogenated alkanes) is 1. The number of carbonyl (C=O) groups is 1. The topological polar surface area (TPSA) is 109 Å². The summed E-state index contributed by atoms with van der Waals surface area (Å²) in [4.78, 5) is 34.5. The zero-order chi connectivity index (χ0) is 20.5. The van der Waals surface area contributed by atoms with Crippen LogP contribution < -0.4 is 10.6 Å². The maximum Gasteiger partial charge on any atom is 0.251 e. The van der Waals surface area contributed by atoms with Gasteiger partial charge < -0.3 is 15.4 Å². The van der Waals surface area contributed by atoms with Gasteiger partial charge in [-0.25, -0.2) is 8.78 Å². The van der Waals surface area contributed by atoms with Crippen LogP contribution in [-0.2, 0) is 16.1 Å². The Hall–Kier alpha value is -3.17. The van der Waals surface area contributed by atoms with Crippen LogP contribution in [-0.4, -0.2) is 25.6 Å². The van der Waals surface area contributed by atoms with E-state index in [1.165, 1.54) is 6.07 Å². The summed E-state index contributed by atoms with van der Waals surface area (Å²) in [5.41, 5.74) is 0.103. The predicted molar refractivity (Wildman–Crippen MR) is 97.6 cm³/mol. The summed E-state index contributed by atoms with van der Waals surface area (Å²) in [6.45, 7) is 1.66. The van der Waals surface area contributed by atoms with Crippen molar-refractivity contribution in [2.75, 3.05) is 19.7 Å². The molecule has 0 saturated carbocycles. The third-order valence-corrected chi connectivity index (χ3v) is 4.04. The highest BCUT2D eigenvalue weighted by Crippen LogP contribution is 2.25. The van der Waals surface area contributed by atoms with Crippen LogP contribution in [0.5, 0.6) is 0 Å². The van der Waals surface area contributed by atoms with Gasteiger partial charge in [0.15, 0.2) is 11.5 Å². The molecule has 0 fully saturated rings. The van der Waals surface area contributed by atoms with Crippen molar-refractivity contribution in [1.29, 1.82) is 0 Å². The van der Waals surface area contributed by atoms with E-state index >= 15 is 0 Å². The number of benzene rings is 1. The summed E-state index contributed by atoms with van der Waals surface area (Å²) in [6, 6.07) is 3.00. The smallest absolute Gasteiger partial charge is 0.251 e. The van der Waals surface area contributed by atoms with E-state index in [1.54, 1.807) is 0 Å². The lowest BCUT2D eigenvalue weighted by Crippen LogP contribution is -2.35. The van der Waals surface area contributed by atoms with Crippen molar-refractivity contribution in [3.05, 3.63) is 67.9 Å². The Kier molecular flexibility index (Phi) is 7.73. The lowest BCUT2D eigenvalue weighted by molar-refractivity contribution is -0.117. The van der Waals surface area contributed by atoms with E-state index in [0.717, 1.165) is 12.5 Å². The van der Waals surface area contributed by atoms with Gasteiger partial charge in [-0.05, 0) is 17.7 Å². The quantitative estimate of drug-likeness (QED) is 0.468. The monoisotopic (exact) mass is 394 g/mol. The van der Waals surface area contributed by atoms with E-state index in [1.807, 2.05) is 6.92 Å². The van der Waals surface area contributed by atoms with Crippen molar-refractivity contribution in [3.63, 3.8) is 0 Å². The minimum atomic E-state index is -0.799. The number of carbonyl (C=O) groups excluding carboxylic acids is 1. The van der Waals surface area contributed by atoms with Crippen LogP contribution in [0, 0.1) is 21.4 Å². The summed E-state index contributed by atoms with van der Waals surface area (Å²) in [6.07, 6.45) is 1.54. The van der Waals surface area contributed by atoms with Gasteiger partial charge in [0.05, 0.1) is 17.9 Å². The average Bonchev–Trinajstić information content (AvgIpc) is 2.68. The van der Waals surface area contributed by atoms with Crippen LogP contribution in [0.2, 0.25) is 0 Å². The highest BCUT2D eigenvalue weighted by molar-refractivity contribution is 5.95. The van der Waals surface area contributed by atoms with Crippen molar-refractivity contribution < 1.29 is 18.3 Å². The fourth-order valence-electron chi connectivity index (χ4n) is 2.54. The van der Waals surface area contributed by atoms with Gasteiger partial charge in [-0.1, -0.05) is 24.6 Å². The molecule has 0 unspecified atom stereocenters. The maximum absolute atomic E-state index is 13.7. The number of halogens is 2. The standard InChI is InChI=1S/C18H20F2N4O4/c1-2-3-6-28-17-15(10-23-26)21-9-13(16(17)24-27)18(25)22-8-11-4-5-12(19)7-14(11)20/h4-5,7,21H,2-3,6,8-10H2,1H3,(H,22,25). The van der Waals surface area contributed by atoms with E-state index in [9.17, 15) is 23.4 Å². The molecular formula is C18H20F2N4O4. The predicted octanol–water partition coefficient (Wildman–Crippen LogP) is 3.00. The molecule has 1 heterocycles. The summed E-state index contributed by atoms with van der Waals surface area (Å²) < 4.78 is 32.2. The molecular weight excluding hydrogens is 374 g/mol. The van der Waals surface area contributed by atoms with Crippen molar-refractivity contribution in [2.24, 2.45) is 10.4 Å². The first-order valence-electron chi connectivity index (χ1n) is 8.69. The molecule has 1 aromatic carbocycles. The highest BCUT2D eigenvalue weighted by atomic mass is 19.1. The molecule has 0 bridgehead atoms. The Balaban J connectivity index is 2.22. The summed E-state index contributed by atoms with van der Waals surface area (Å²) in [7, 11) is 0. The maximum atomic E-state index is 13.7. The highest BCUT2D eigenvalue weighted by Gasteiger charge is 2.28. The first-order valence-corrected chi connectivity index (χ1v) is 8.69. The van der Waals surface area contributed by atoms with Crippen LogP contribution in [0.25, 0.3) is 0 Å². The second kappa shape index (κ2) is 10.2. The molecule has 0 spiro atoms. The molecule has 10 heteroatoms. The number of nitroso groups, excluding NO2 is 2. The molecule has 2 rings (SSSR count). The molecule has 28 heavy (non-hydrogen) atoms. The molecule has 0 aliphatic carbocycles. The third-order valence-electron chi connectivity index (χ3n) is 4.04. The number of nitrogens with one attached hydrogen (secondary N) is 2. The molecule has 0 radical (unpaired) electrons. The number of nitrogens with zero attached hydrogens (tertiary/aromatic N) is 2. The lowest BCUT2D eigenvalue weighted by Gasteiger charge is -2.23. The molecule has 1 aromatic rings. The van der Waals surface area contributed by atoms with Gasteiger partial charge >= 0.3 is 0 Å². The minimum Gasteiger partial charge on any atom is -0.489 e. The van der Waals surface area contributed by atoms with Crippen LogP contribution in [0.15, 0.2) is 51.3 Å².